The number of carbonyl (C=O) groups is 2. The highest BCUT2D eigenvalue weighted by Crippen LogP contribution is 2.09. The van der Waals surface area contributed by atoms with Gasteiger partial charge in [-0.05, 0) is 24.3 Å². The minimum atomic E-state index is -0.271. The van der Waals surface area contributed by atoms with Gasteiger partial charge in [0.05, 0.1) is 19.7 Å². The van der Waals surface area contributed by atoms with E-state index in [0.717, 1.165) is 0 Å². The van der Waals surface area contributed by atoms with E-state index in [4.69, 9.17) is 11.5 Å². The highest BCUT2D eigenvalue weighted by atomic mass is 16.3. The fraction of sp³-hybridized carbons (Fsp3) is 0.286. The molecule has 0 radical (unpaired) electrons. The predicted molar refractivity (Wildman–Crippen MR) is 76.2 cm³/mol. The highest BCUT2D eigenvalue weighted by Gasteiger charge is 2.05. The van der Waals surface area contributed by atoms with Crippen LogP contribution in [0.25, 0.3) is 0 Å². The van der Waals surface area contributed by atoms with Gasteiger partial charge in [0.2, 0.25) is 5.91 Å². The third-order valence-electron chi connectivity index (χ3n) is 2.34. The first-order valence-electron chi connectivity index (χ1n) is 6.10. The van der Waals surface area contributed by atoms with E-state index in [0.29, 0.717) is 17.8 Å². The molecule has 6 nitrogen and oxygen atoms in total. The second-order valence-corrected chi connectivity index (χ2v) is 3.91. The molecule has 4 N–H and O–H groups in total. The lowest BCUT2D eigenvalue weighted by Crippen LogP contribution is -2.28. The number of hydrogen-bond donors (Lipinski definition) is 4. The summed E-state index contributed by atoms with van der Waals surface area (Å²) >= 11 is 0. The monoisotopic (exact) mass is 275 g/mol. The van der Waals surface area contributed by atoms with Crippen molar-refractivity contribution >= 4 is 17.5 Å². The average Bonchev–Trinajstić information content (AvgIpc) is 2.46. The topological polar surface area (TPSA) is 90.5 Å². The molecule has 0 bridgehead atoms. The summed E-state index contributed by atoms with van der Waals surface area (Å²) in [6.07, 6.45) is 5.05. The number of aliphatic hydroxyl groups is 1. The van der Waals surface area contributed by atoms with Crippen LogP contribution in [-0.4, -0.2) is 43.2 Å². The van der Waals surface area contributed by atoms with Crippen molar-refractivity contribution in [3.63, 3.8) is 0 Å². The van der Waals surface area contributed by atoms with Gasteiger partial charge in [-0.15, -0.1) is 6.42 Å². The molecule has 0 saturated carbocycles. The van der Waals surface area contributed by atoms with Crippen molar-refractivity contribution in [1.29, 1.82) is 0 Å². The van der Waals surface area contributed by atoms with Gasteiger partial charge < -0.3 is 15.7 Å². The zero-order valence-corrected chi connectivity index (χ0v) is 11.0. The molecular formula is C14H17N3O3. The molecule has 0 atom stereocenters. The van der Waals surface area contributed by atoms with Crippen LogP contribution in [0.15, 0.2) is 24.3 Å². The zero-order valence-electron chi connectivity index (χ0n) is 11.0. The van der Waals surface area contributed by atoms with Crippen molar-refractivity contribution in [2.24, 2.45) is 0 Å². The molecule has 0 saturated heterocycles. The Morgan fingerprint density at radius 1 is 1.25 bits per heavy atom. The average molecular weight is 275 g/mol. The van der Waals surface area contributed by atoms with Gasteiger partial charge in [0, 0.05) is 17.8 Å². The summed E-state index contributed by atoms with van der Waals surface area (Å²) in [4.78, 5) is 23.1. The highest BCUT2D eigenvalue weighted by molar-refractivity contribution is 5.96. The lowest BCUT2D eigenvalue weighted by molar-refractivity contribution is -0.115. The Labute approximate surface area is 117 Å². The number of aliphatic hydroxyl groups excluding tert-OH is 1. The number of hydrogen-bond acceptors (Lipinski definition) is 4. The first-order valence-corrected chi connectivity index (χ1v) is 6.10. The van der Waals surface area contributed by atoms with Crippen LogP contribution in [-0.2, 0) is 4.79 Å². The van der Waals surface area contributed by atoms with Crippen LogP contribution in [0.1, 0.15) is 10.4 Å². The normalized spacial score (nSPS) is 9.60. The summed E-state index contributed by atoms with van der Waals surface area (Å²) < 4.78 is 0. The second kappa shape index (κ2) is 8.69. The number of rotatable bonds is 7. The summed E-state index contributed by atoms with van der Waals surface area (Å²) in [7, 11) is 0. The Hall–Kier alpha value is -2.36. The second-order valence-electron chi connectivity index (χ2n) is 3.91. The lowest BCUT2D eigenvalue weighted by atomic mass is 10.2. The SMILES string of the molecule is C#CCNCC(=O)Nc1ccc(C(=O)NCCO)cc1. The Bertz CT molecular complexity index is 491. The van der Waals surface area contributed by atoms with Gasteiger partial charge in [-0.2, -0.15) is 0 Å². The first kappa shape index (κ1) is 15.7. The Morgan fingerprint density at radius 2 is 1.95 bits per heavy atom. The molecule has 0 heterocycles. The van der Waals surface area contributed by atoms with Crippen LogP contribution in [0.5, 0.6) is 0 Å². The van der Waals surface area contributed by atoms with Crippen LogP contribution in [0.3, 0.4) is 0 Å². The summed E-state index contributed by atoms with van der Waals surface area (Å²) in [5.41, 5.74) is 1.05. The number of carbonyl (C=O) groups excluding carboxylic acids is 2. The van der Waals surface area contributed by atoms with E-state index in [9.17, 15) is 9.59 Å². The van der Waals surface area contributed by atoms with Crippen LogP contribution >= 0.6 is 0 Å². The van der Waals surface area contributed by atoms with Gasteiger partial charge in [0.25, 0.3) is 5.91 Å². The smallest absolute Gasteiger partial charge is 0.251 e. The number of nitrogens with one attached hydrogen (secondary N) is 3. The maximum Gasteiger partial charge on any atom is 0.251 e. The molecule has 1 rings (SSSR count). The summed E-state index contributed by atoms with van der Waals surface area (Å²) in [6, 6.07) is 6.45. The molecule has 1 aromatic rings. The van der Waals surface area contributed by atoms with E-state index >= 15 is 0 Å². The quantitative estimate of drug-likeness (QED) is 0.401. The van der Waals surface area contributed by atoms with Crippen molar-refractivity contribution < 1.29 is 14.7 Å². The van der Waals surface area contributed by atoms with Crippen LogP contribution in [0.2, 0.25) is 0 Å². The predicted octanol–water partition coefficient (Wildman–Crippen LogP) is -0.430. The number of benzene rings is 1. The molecule has 0 aliphatic rings. The standard InChI is InChI=1S/C14H17N3O3/c1-2-7-15-10-13(19)17-12-5-3-11(4-6-12)14(20)16-8-9-18/h1,3-6,15,18H,7-10H2,(H,16,20)(H,17,19). The van der Waals surface area contributed by atoms with Crippen LogP contribution < -0.4 is 16.0 Å². The Morgan fingerprint density at radius 3 is 2.55 bits per heavy atom. The molecule has 0 aromatic heterocycles. The van der Waals surface area contributed by atoms with Crippen molar-refractivity contribution in [2.75, 3.05) is 31.6 Å². The van der Waals surface area contributed by atoms with Gasteiger partial charge in [0.15, 0.2) is 0 Å². The molecule has 0 spiro atoms. The maximum absolute atomic E-state index is 11.6. The van der Waals surface area contributed by atoms with E-state index in [1.54, 1.807) is 24.3 Å². The van der Waals surface area contributed by atoms with E-state index in [2.05, 4.69) is 21.9 Å². The molecule has 2 amide bonds. The van der Waals surface area contributed by atoms with Gasteiger partial charge >= 0.3 is 0 Å². The summed E-state index contributed by atoms with van der Waals surface area (Å²) in [5.74, 6) is 1.89. The minimum Gasteiger partial charge on any atom is -0.395 e. The molecular weight excluding hydrogens is 258 g/mol. The molecule has 0 unspecified atom stereocenters. The fourth-order valence-corrected chi connectivity index (χ4v) is 1.43. The third-order valence-corrected chi connectivity index (χ3v) is 2.34. The Kier molecular flexibility index (Phi) is 6.82. The molecule has 0 aliphatic heterocycles. The van der Waals surface area contributed by atoms with E-state index in [1.807, 2.05) is 0 Å². The van der Waals surface area contributed by atoms with Crippen LogP contribution in [0.4, 0.5) is 5.69 Å². The largest absolute Gasteiger partial charge is 0.395 e. The van der Waals surface area contributed by atoms with Crippen molar-refractivity contribution in [3.05, 3.63) is 29.8 Å². The van der Waals surface area contributed by atoms with Gasteiger partial charge in [-0.25, -0.2) is 0 Å². The molecule has 1 aromatic carbocycles. The molecule has 20 heavy (non-hydrogen) atoms. The van der Waals surface area contributed by atoms with Gasteiger partial charge in [-0.3, -0.25) is 14.9 Å². The third kappa shape index (κ3) is 5.52. The lowest BCUT2D eigenvalue weighted by Gasteiger charge is -2.07. The summed E-state index contributed by atoms with van der Waals surface area (Å²) in [6.45, 7) is 0.559. The first-order chi connectivity index (χ1) is 9.67. The summed E-state index contributed by atoms with van der Waals surface area (Å²) in [5, 5.41) is 16.6. The van der Waals surface area contributed by atoms with Gasteiger partial charge in [0.1, 0.15) is 0 Å². The number of amides is 2. The Balaban J connectivity index is 2.48. The van der Waals surface area contributed by atoms with E-state index < -0.39 is 0 Å². The number of terminal acetylenes is 1. The van der Waals surface area contributed by atoms with Crippen molar-refractivity contribution in [3.8, 4) is 12.3 Å². The maximum atomic E-state index is 11.6. The van der Waals surface area contributed by atoms with E-state index in [1.165, 1.54) is 0 Å². The van der Waals surface area contributed by atoms with E-state index in [-0.39, 0.29) is 31.5 Å². The fourth-order valence-electron chi connectivity index (χ4n) is 1.43. The van der Waals surface area contributed by atoms with Crippen LogP contribution in [0, 0.1) is 12.3 Å². The zero-order chi connectivity index (χ0) is 14.8. The van der Waals surface area contributed by atoms with Crippen molar-refractivity contribution in [2.45, 2.75) is 0 Å². The minimum absolute atomic E-state index is 0.107. The van der Waals surface area contributed by atoms with Gasteiger partial charge in [-0.1, -0.05) is 5.92 Å². The molecule has 0 fully saturated rings. The number of anilines is 1. The van der Waals surface area contributed by atoms with Crippen molar-refractivity contribution in [1.82, 2.24) is 10.6 Å². The molecule has 0 aliphatic carbocycles. The molecule has 6 heteroatoms. The molecule has 106 valence electrons.